The third kappa shape index (κ3) is 3.07. The molecule has 0 aliphatic heterocycles. The molecule has 124 valence electrons. The van der Waals surface area contributed by atoms with E-state index in [1.54, 1.807) is 29.1 Å². The fourth-order valence-electron chi connectivity index (χ4n) is 2.32. The number of benzene rings is 1. The summed E-state index contributed by atoms with van der Waals surface area (Å²) in [5, 5.41) is 4.24. The van der Waals surface area contributed by atoms with Gasteiger partial charge in [-0.3, -0.25) is 9.48 Å². The fourth-order valence-corrected chi connectivity index (χ4v) is 3.38. The summed E-state index contributed by atoms with van der Waals surface area (Å²) in [7, 11) is 0. The highest BCUT2D eigenvalue weighted by molar-refractivity contribution is 7.16. The number of amides is 1. The molecule has 0 unspecified atom stereocenters. The Labute approximate surface area is 142 Å². The van der Waals surface area contributed by atoms with Gasteiger partial charge in [0, 0.05) is 18.8 Å². The van der Waals surface area contributed by atoms with Crippen molar-refractivity contribution in [2.24, 2.45) is 4.99 Å². The van der Waals surface area contributed by atoms with Gasteiger partial charge in [0.15, 0.2) is 10.5 Å². The van der Waals surface area contributed by atoms with Crippen molar-refractivity contribution in [3.63, 3.8) is 0 Å². The Balaban J connectivity index is 2.09. The summed E-state index contributed by atoms with van der Waals surface area (Å²) in [6.07, 6.45) is 3.47. The fraction of sp³-hybridized carbons (Fsp3) is 0.235. The van der Waals surface area contributed by atoms with Gasteiger partial charge in [-0.2, -0.15) is 10.1 Å². The number of carbonyl (C=O) groups is 1. The SMILES string of the molecule is C=CCn1c(=NC(=O)c2ccn(C(C)C)n2)sc2cc(F)ccc21. The highest BCUT2D eigenvalue weighted by Gasteiger charge is 2.12. The van der Waals surface area contributed by atoms with Gasteiger partial charge in [0.1, 0.15) is 5.82 Å². The average Bonchev–Trinajstić information content (AvgIpc) is 3.13. The van der Waals surface area contributed by atoms with Gasteiger partial charge in [0.05, 0.1) is 10.2 Å². The lowest BCUT2D eigenvalue weighted by Gasteiger charge is -2.02. The Kier molecular flexibility index (Phi) is 4.44. The first kappa shape index (κ1) is 16.3. The number of allylic oxidation sites excluding steroid dienone is 1. The molecule has 7 heteroatoms. The molecule has 3 rings (SSSR count). The molecular formula is C17H17FN4OS. The summed E-state index contributed by atoms with van der Waals surface area (Å²) in [5.41, 5.74) is 1.11. The third-order valence-electron chi connectivity index (χ3n) is 3.51. The second-order valence-electron chi connectivity index (χ2n) is 5.59. The predicted molar refractivity (Wildman–Crippen MR) is 92.5 cm³/mol. The molecule has 3 aromatic rings. The van der Waals surface area contributed by atoms with Gasteiger partial charge in [-0.1, -0.05) is 17.4 Å². The zero-order valence-corrected chi connectivity index (χ0v) is 14.3. The van der Waals surface area contributed by atoms with Crippen molar-refractivity contribution in [3.05, 3.63) is 59.4 Å². The second-order valence-corrected chi connectivity index (χ2v) is 6.60. The van der Waals surface area contributed by atoms with Gasteiger partial charge in [-0.25, -0.2) is 4.39 Å². The van der Waals surface area contributed by atoms with Crippen molar-refractivity contribution < 1.29 is 9.18 Å². The minimum atomic E-state index is -0.417. The molecule has 5 nitrogen and oxygen atoms in total. The van der Waals surface area contributed by atoms with Gasteiger partial charge in [-0.05, 0) is 38.1 Å². The minimum absolute atomic E-state index is 0.171. The number of hydrogen-bond donors (Lipinski definition) is 0. The van der Waals surface area contributed by atoms with E-state index >= 15 is 0 Å². The number of halogens is 1. The van der Waals surface area contributed by atoms with Crippen LogP contribution >= 0.6 is 11.3 Å². The first-order valence-corrected chi connectivity index (χ1v) is 8.35. The van der Waals surface area contributed by atoms with Gasteiger partial charge >= 0.3 is 0 Å². The number of hydrogen-bond acceptors (Lipinski definition) is 3. The Morgan fingerprint density at radius 3 is 2.92 bits per heavy atom. The summed E-state index contributed by atoms with van der Waals surface area (Å²) < 4.78 is 17.7. The highest BCUT2D eigenvalue weighted by atomic mass is 32.1. The zero-order chi connectivity index (χ0) is 17.3. The highest BCUT2D eigenvalue weighted by Crippen LogP contribution is 2.18. The summed E-state index contributed by atoms with van der Waals surface area (Å²) in [4.78, 5) is 17.1. The number of nitrogens with zero attached hydrogens (tertiary/aromatic N) is 4. The van der Waals surface area contributed by atoms with E-state index in [1.807, 2.05) is 18.4 Å². The minimum Gasteiger partial charge on any atom is -0.312 e. The van der Waals surface area contributed by atoms with E-state index in [0.29, 0.717) is 11.3 Å². The topological polar surface area (TPSA) is 52.2 Å². The Morgan fingerprint density at radius 1 is 1.46 bits per heavy atom. The Bertz CT molecular complexity index is 980. The van der Waals surface area contributed by atoms with Crippen LogP contribution in [0.15, 0.2) is 48.1 Å². The lowest BCUT2D eigenvalue weighted by Crippen LogP contribution is -2.16. The van der Waals surface area contributed by atoms with Crippen LogP contribution in [0.1, 0.15) is 30.4 Å². The smallest absolute Gasteiger partial charge is 0.300 e. The molecule has 0 saturated carbocycles. The molecule has 0 spiro atoms. The quantitative estimate of drug-likeness (QED) is 0.680. The maximum atomic E-state index is 13.4. The lowest BCUT2D eigenvalue weighted by molar-refractivity contribution is 0.0992. The number of thiazole rings is 1. The van der Waals surface area contributed by atoms with Crippen LogP contribution in [0.4, 0.5) is 4.39 Å². The average molecular weight is 344 g/mol. The van der Waals surface area contributed by atoms with Crippen LogP contribution in [0.3, 0.4) is 0 Å². The van der Waals surface area contributed by atoms with Crippen molar-refractivity contribution in [2.75, 3.05) is 0 Å². The van der Waals surface area contributed by atoms with Crippen LogP contribution in [0.25, 0.3) is 10.2 Å². The molecule has 24 heavy (non-hydrogen) atoms. The van der Waals surface area contributed by atoms with E-state index < -0.39 is 5.91 Å². The monoisotopic (exact) mass is 344 g/mol. The molecule has 1 aromatic carbocycles. The van der Waals surface area contributed by atoms with E-state index in [1.165, 1.54) is 23.5 Å². The molecule has 0 N–H and O–H groups in total. The first-order valence-electron chi connectivity index (χ1n) is 7.53. The molecule has 0 radical (unpaired) electrons. The molecule has 2 heterocycles. The van der Waals surface area contributed by atoms with E-state index in [2.05, 4.69) is 16.7 Å². The van der Waals surface area contributed by atoms with E-state index in [-0.39, 0.29) is 17.6 Å². The zero-order valence-electron chi connectivity index (χ0n) is 13.4. The molecule has 0 fully saturated rings. The Hall–Kier alpha value is -2.54. The number of rotatable bonds is 4. The molecule has 0 aliphatic rings. The van der Waals surface area contributed by atoms with Crippen molar-refractivity contribution in [3.8, 4) is 0 Å². The van der Waals surface area contributed by atoms with Crippen molar-refractivity contribution in [1.82, 2.24) is 14.3 Å². The number of carbonyl (C=O) groups excluding carboxylic acids is 1. The third-order valence-corrected chi connectivity index (χ3v) is 4.55. The van der Waals surface area contributed by atoms with Crippen LogP contribution in [-0.2, 0) is 6.54 Å². The number of aromatic nitrogens is 3. The van der Waals surface area contributed by atoms with Gasteiger partial charge < -0.3 is 4.57 Å². The second kappa shape index (κ2) is 6.52. The molecule has 0 bridgehead atoms. The standard InChI is InChI=1S/C17H17FN4OS/c1-4-8-21-14-6-5-12(18)10-15(14)24-17(21)19-16(23)13-7-9-22(20-13)11(2)3/h4-7,9-11H,1,8H2,2-3H3. The van der Waals surface area contributed by atoms with Crippen molar-refractivity contribution in [1.29, 1.82) is 0 Å². The van der Waals surface area contributed by atoms with Crippen molar-refractivity contribution >= 4 is 27.5 Å². The van der Waals surface area contributed by atoms with E-state index in [9.17, 15) is 9.18 Å². The lowest BCUT2D eigenvalue weighted by atomic mass is 10.3. The molecule has 0 atom stereocenters. The molecule has 2 aromatic heterocycles. The Morgan fingerprint density at radius 2 is 2.25 bits per heavy atom. The van der Waals surface area contributed by atoms with Crippen LogP contribution in [0.5, 0.6) is 0 Å². The molecule has 0 saturated heterocycles. The van der Waals surface area contributed by atoms with Crippen LogP contribution in [-0.4, -0.2) is 20.3 Å². The summed E-state index contributed by atoms with van der Waals surface area (Å²) in [5.74, 6) is -0.734. The molecule has 1 amide bonds. The molecule has 0 aliphatic carbocycles. The number of fused-ring (bicyclic) bond motifs is 1. The van der Waals surface area contributed by atoms with E-state index in [4.69, 9.17) is 0 Å². The maximum absolute atomic E-state index is 13.4. The maximum Gasteiger partial charge on any atom is 0.300 e. The first-order chi connectivity index (χ1) is 11.5. The summed E-state index contributed by atoms with van der Waals surface area (Å²) in [6.45, 7) is 8.18. The van der Waals surface area contributed by atoms with Gasteiger partial charge in [0.25, 0.3) is 5.91 Å². The summed E-state index contributed by atoms with van der Waals surface area (Å²) >= 11 is 1.27. The van der Waals surface area contributed by atoms with Crippen molar-refractivity contribution in [2.45, 2.75) is 26.4 Å². The van der Waals surface area contributed by atoms with E-state index in [0.717, 1.165) is 10.2 Å². The van der Waals surface area contributed by atoms with Gasteiger partial charge in [0.2, 0.25) is 0 Å². The van der Waals surface area contributed by atoms with Crippen LogP contribution in [0.2, 0.25) is 0 Å². The normalized spacial score (nSPS) is 12.2. The molecular weight excluding hydrogens is 327 g/mol. The van der Waals surface area contributed by atoms with Crippen LogP contribution < -0.4 is 4.80 Å². The largest absolute Gasteiger partial charge is 0.312 e. The predicted octanol–water partition coefficient (Wildman–Crippen LogP) is 3.55. The van der Waals surface area contributed by atoms with Gasteiger partial charge in [-0.15, -0.1) is 6.58 Å². The summed E-state index contributed by atoms with van der Waals surface area (Å²) in [6, 6.07) is 6.34. The van der Waals surface area contributed by atoms with Crippen LogP contribution in [0, 0.1) is 5.82 Å².